The summed E-state index contributed by atoms with van der Waals surface area (Å²) in [6, 6.07) is 6.91. The lowest BCUT2D eigenvalue weighted by molar-refractivity contribution is 0.783. The van der Waals surface area contributed by atoms with Crippen LogP contribution in [0.2, 0.25) is 0 Å². The van der Waals surface area contributed by atoms with Crippen LogP contribution in [0, 0.1) is 38.0 Å². The molecule has 1 nitrogen and oxygen atoms in total. The predicted octanol–water partition coefficient (Wildman–Crippen LogP) is 3.41. The second kappa shape index (κ2) is 3.10. The molecule has 0 amide bonds. The molecule has 0 spiro atoms. The van der Waals surface area contributed by atoms with Gasteiger partial charge >= 0.3 is 0 Å². The summed E-state index contributed by atoms with van der Waals surface area (Å²) in [5.41, 5.74) is 4.95. The summed E-state index contributed by atoms with van der Waals surface area (Å²) < 4.78 is 0. The predicted molar refractivity (Wildman–Crippen MR) is 61.7 cm³/mol. The van der Waals surface area contributed by atoms with Crippen molar-refractivity contribution in [2.75, 3.05) is 0 Å². The number of benzene rings is 1. The highest BCUT2D eigenvalue weighted by Gasteiger charge is 2.53. The van der Waals surface area contributed by atoms with Gasteiger partial charge in [-0.3, -0.25) is 0 Å². The molecule has 1 saturated carbocycles. The number of hydrogen-bond donors (Lipinski definition) is 0. The fraction of sp³-hybridized carbons (Fsp3) is 0.500. The van der Waals surface area contributed by atoms with Crippen LogP contribution in [0.3, 0.4) is 0 Å². The maximum absolute atomic E-state index is 9.32. The molecule has 2 rings (SSSR count). The number of aryl methyl sites for hydroxylation is 3. The Kier molecular flexibility index (Phi) is 2.12. The molecule has 78 valence electrons. The minimum Gasteiger partial charge on any atom is -0.197 e. The molecular formula is C14H17N. The van der Waals surface area contributed by atoms with Gasteiger partial charge in [0.25, 0.3) is 0 Å². The maximum atomic E-state index is 9.32. The summed E-state index contributed by atoms with van der Waals surface area (Å²) in [6.45, 7) is 8.53. The molecule has 0 saturated heterocycles. The molecular weight excluding hydrogens is 182 g/mol. The first kappa shape index (κ1) is 10.2. The Morgan fingerprint density at radius 1 is 1.20 bits per heavy atom. The van der Waals surface area contributed by atoms with E-state index < -0.39 is 0 Å². The van der Waals surface area contributed by atoms with E-state index in [0.29, 0.717) is 5.92 Å². The van der Waals surface area contributed by atoms with Crippen LogP contribution in [0.4, 0.5) is 0 Å². The summed E-state index contributed by atoms with van der Waals surface area (Å²) >= 11 is 0. The third-order valence-electron chi connectivity index (χ3n) is 3.83. The smallest absolute Gasteiger partial charge is 0.0854 e. The molecule has 0 heterocycles. The lowest BCUT2D eigenvalue weighted by atomic mass is 9.88. The first-order chi connectivity index (χ1) is 7.01. The van der Waals surface area contributed by atoms with Gasteiger partial charge in [-0.25, -0.2) is 0 Å². The van der Waals surface area contributed by atoms with Crippen molar-refractivity contribution >= 4 is 0 Å². The van der Waals surface area contributed by atoms with E-state index in [1.807, 2.05) is 0 Å². The van der Waals surface area contributed by atoms with E-state index in [1.54, 1.807) is 0 Å². The van der Waals surface area contributed by atoms with Crippen molar-refractivity contribution in [3.05, 3.63) is 34.4 Å². The Morgan fingerprint density at radius 3 is 2.20 bits per heavy atom. The zero-order valence-corrected chi connectivity index (χ0v) is 9.89. The molecule has 0 bridgehead atoms. The van der Waals surface area contributed by atoms with Crippen molar-refractivity contribution < 1.29 is 0 Å². The van der Waals surface area contributed by atoms with Gasteiger partial charge in [0.05, 0.1) is 11.5 Å². The summed E-state index contributed by atoms with van der Waals surface area (Å²) in [7, 11) is 0. The van der Waals surface area contributed by atoms with Crippen molar-refractivity contribution in [1.29, 1.82) is 5.26 Å². The highest BCUT2D eigenvalue weighted by molar-refractivity contribution is 5.48. The summed E-state index contributed by atoms with van der Waals surface area (Å²) in [6.07, 6.45) is 1.02. The molecule has 1 aliphatic carbocycles. The second-order valence-corrected chi connectivity index (χ2v) is 4.94. The highest BCUT2D eigenvalue weighted by Crippen LogP contribution is 2.54. The molecule has 1 aliphatic rings. The summed E-state index contributed by atoms with van der Waals surface area (Å²) in [5.74, 6) is 0.517. The molecule has 0 radical (unpaired) electrons. The minimum atomic E-state index is -0.178. The molecule has 1 heteroatoms. The first-order valence-corrected chi connectivity index (χ1v) is 5.51. The van der Waals surface area contributed by atoms with Gasteiger partial charge in [0, 0.05) is 0 Å². The molecule has 15 heavy (non-hydrogen) atoms. The van der Waals surface area contributed by atoms with Crippen LogP contribution in [0.15, 0.2) is 12.1 Å². The van der Waals surface area contributed by atoms with E-state index in [0.717, 1.165) is 6.42 Å². The van der Waals surface area contributed by atoms with Gasteiger partial charge in [0.1, 0.15) is 0 Å². The average molecular weight is 199 g/mol. The largest absolute Gasteiger partial charge is 0.197 e. The fourth-order valence-corrected chi connectivity index (χ4v) is 2.46. The minimum absolute atomic E-state index is 0.178. The Hall–Kier alpha value is -1.29. The lowest BCUT2D eigenvalue weighted by Crippen LogP contribution is -2.09. The maximum Gasteiger partial charge on any atom is 0.0854 e. The van der Waals surface area contributed by atoms with Crippen LogP contribution in [0.25, 0.3) is 0 Å². The van der Waals surface area contributed by atoms with Gasteiger partial charge in [0.2, 0.25) is 0 Å². The fourth-order valence-electron chi connectivity index (χ4n) is 2.46. The molecule has 0 aromatic heterocycles. The molecule has 0 aliphatic heterocycles. The topological polar surface area (TPSA) is 23.8 Å². The zero-order valence-electron chi connectivity index (χ0n) is 9.89. The van der Waals surface area contributed by atoms with Crippen molar-refractivity contribution in [3.63, 3.8) is 0 Å². The van der Waals surface area contributed by atoms with E-state index in [1.165, 1.54) is 22.3 Å². The monoisotopic (exact) mass is 199 g/mol. The Morgan fingerprint density at radius 2 is 1.73 bits per heavy atom. The Labute approximate surface area is 91.7 Å². The van der Waals surface area contributed by atoms with Crippen molar-refractivity contribution in [1.82, 2.24) is 0 Å². The van der Waals surface area contributed by atoms with Gasteiger partial charge in [-0.05, 0) is 55.4 Å². The van der Waals surface area contributed by atoms with Crippen molar-refractivity contribution in [3.8, 4) is 6.07 Å². The van der Waals surface area contributed by atoms with E-state index in [9.17, 15) is 5.26 Å². The molecule has 1 aromatic carbocycles. The van der Waals surface area contributed by atoms with Crippen LogP contribution < -0.4 is 0 Å². The summed E-state index contributed by atoms with van der Waals surface area (Å²) in [4.78, 5) is 0. The molecule has 1 aromatic rings. The van der Waals surface area contributed by atoms with Gasteiger partial charge in [-0.15, -0.1) is 0 Å². The van der Waals surface area contributed by atoms with Gasteiger partial charge in [0.15, 0.2) is 0 Å². The van der Waals surface area contributed by atoms with Crippen LogP contribution in [0.1, 0.15) is 35.6 Å². The Balaban J connectivity index is 2.56. The number of rotatable bonds is 1. The van der Waals surface area contributed by atoms with Crippen molar-refractivity contribution in [2.45, 2.75) is 39.5 Å². The standard InChI is InChI=1S/C14H17N/c1-9-5-11(3)13(6-10(9)2)14(8-15)7-12(14)4/h5-6,12H,7H2,1-4H3. The van der Waals surface area contributed by atoms with Crippen LogP contribution in [-0.4, -0.2) is 0 Å². The highest BCUT2D eigenvalue weighted by atomic mass is 14.6. The quantitative estimate of drug-likeness (QED) is 0.680. The molecule has 1 fully saturated rings. The number of nitriles is 1. The molecule has 0 N–H and O–H groups in total. The average Bonchev–Trinajstić information content (AvgIpc) is 2.84. The number of hydrogen-bond acceptors (Lipinski definition) is 1. The normalized spacial score (nSPS) is 28.6. The lowest BCUT2D eigenvalue weighted by Gasteiger charge is -2.14. The van der Waals surface area contributed by atoms with E-state index in [4.69, 9.17) is 0 Å². The van der Waals surface area contributed by atoms with E-state index >= 15 is 0 Å². The van der Waals surface area contributed by atoms with E-state index in [-0.39, 0.29) is 5.41 Å². The van der Waals surface area contributed by atoms with Gasteiger partial charge in [-0.1, -0.05) is 19.1 Å². The molecule has 2 atom stereocenters. The first-order valence-electron chi connectivity index (χ1n) is 5.51. The van der Waals surface area contributed by atoms with Gasteiger partial charge < -0.3 is 0 Å². The SMILES string of the molecule is Cc1cc(C)c(C2(C#N)CC2C)cc1C. The number of nitrogens with zero attached hydrogens (tertiary/aromatic N) is 1. The van der Waals surface area contributed by atoms with Crippen LogP contribution >= 0.6 is 0 Å². The second-order valence-electron chi connectivity index (χ2n) is 4.94. The van der Waals surface area contributed by atoms with Gasteiger partial charge in [-0.2, -0.15) is 5.26 Å². The molecule has 2 unspecified atom stereocenters. The Bertz CT molecular complexity index is 453. The van der Waals surface area contributed by atoms with Crippen molar-refractivity contribution in [2.24, 2.45) is 5.92 Å². The third kappa shape index (κ3) is 1.36. The zero-order chi connectivity index (χ0) is 11.2. The van der Waals surface area contributed by atoms with E-state index in [2.05, 4.69) is 45.9 Å². The van der Waals surface area contributed by atoms with Crippen LogP contribution in [-0.2, 0) is 5.41 Å². The summed E-state index contributed by atoms with van der Waals surface area (Å²) in [5, 5.41) is 9.32. The van der Waals surface area contributed by atoms with Crippen LogP contribution in [0.5, 0.6) is 0 Å². The third-order valence-corrected chi connectivity index (χ3v) is 3.83.